The van der Waals surface area contributed by atoms with E-state index in [1.54, 1.807) is 49.1 Å². The number of methoxy groups -OCH3 is 2. The lowest BCUT2D eigenvalue weighted by atomic mass is 10.0. The molecule has 3 heterocycles. The maximum absolute atomic E-state index is 14.5. The summed E-state index contributed by atoms with van der Waals surface area (Å²) >= 11 is 0. The van der Waals surface area contributed by atoms with Crippen molar-refractivity contribution in [3.63, 3.8) is 0 Å². The van der Waals surface area contributed by atoms with Crippen LogP contribution in [0, 0.1) is 5.92 Å². The standard InChI is InChI=1S/C44H55N3O13/c1-7-17-57-39(50)21-28(3)41(51)45-29(4)35(48)22-30-13-15-31(16-14-30)26-59-44(53)47-33-24-37(56-19-10-11-38(49)55-6)36(54-5)23-32(33)42(52)46-25-27(2)20-34(46)43(47)60-40-12-8-9-18-58-40/h7,13-16,23-24,28-29,34,40,43H,1-2,8-12,17-22,25-26H2,3-6H3,(H,45,51)/t28-,29+,34+,40?,43+/m1/s1. The molecule has 5 atom stereocenters. The van der Waals surface area contributed by atoms with Gasteiger partial charge in [-0.25, -0.2) is 9.69 Å². The van der Waals surface area contributed by atoms with Crippen molar-refractivity contribution in [3.05, 3.63) is 77.9 Å². The second kappa shape index (κ2) is 21.5. The molecule has 324 valence electrons. The number of carbonyl (C=O) groups excluding carboxylic acids is 6. The Balaban J connectivity index is 1.34. The molecule has 3 aliphatic heterocycles. The quantitative estimate of drug-likeness (QED) is 0.0844. The van der Waals surface area contributed by atoms with Crippen LogP contribution in [-0.2, 0) is 55.9 Å². The van der Waals surface area contributed by atoms with E-state index < -0.39 is 48.5 Å². The fourth-order valence-electron chi connectivity index (χ4n) is 7.10. The van der Waals surface area contributed by atoms with E-state index in [0.29, 0.717) is 37.0 Å². The van der Waals surface area contributed by atoms with Crippen LogP contribution in [0.4, 0.5) is 10.5 Å². The number of nitrogens with zero attached hydrogens (tertiary/aromatic N) is 2. The average Bonchev–Trinajstić information content (AvgIpc) is 3.61. The number of carbonyl (C=O) groups is 6. The fourth-order valence-corrected chi connectivity index (χ4v) is 7.10. The van der Waals surface area contributed by atoms with Crippen LogP contribution in [0.3, 0.4) is 0 Å². The van der Waals surface area contributed by atoms with E-state index in [1.165, 1.54) is 31.3 Å². The number of Topliss-reactive ketones (excluding diaryl/α,β-unsaturated/α-hetero) is 1. The van der Waals surface area contributed by atoms with Gasteiger partial charge in [0.15, 0.2) is 29.8 Å². The normalized spacial score (nSPS) is 19.5. The van der Waals surface area contributed by atoms with Crippen LogP contribution in [-0.4, -0.2) is 106 Å². The number of ketones is 1. The summed E-state index contributed by atoms with van der Waals surface area (Å²) in [6.45, 7) is 11.6. The molecule has 16 nitrogen and oxygen atoms in total. The maximum Gasteiger partial charge on any atom is 0.416 e. The molecule has 0 radical (unpaired) electrons. The Morgan fingerprint density at radius 1 is 1.00 bits per heavy atom. The molecule has 1 N–H and O–H groups in total. The Morgan fingerprint density at radius 2 is 1.75 bits per heavy atom. The molecule has 2 aromatic rings. The molecule has 0 aliphatic carbocycles. The molecular weight excluding hydrogens is 778 g/mol. The van der Waals surface area contributed by atoms with Crippen LogP contribution >= 0.6 is 0 Å². The van der Waals surface area contributed by atoms with Crippen molar-refractivity contribution in [1.29, 1.82) is 0 Å². The van der Waals surface area contributed by atoms with Gasteiger partial charge in [-0.05, 0) is 56.2 Å². The van der Waals surface area contributed by atoms with Gasteiger partial charge in [-0.1, -0.05) is 56.0 Å². The Labute approximate surface area is 350 Å². The van der Waals surface area contributed by atoms with Crippen LogP contribution < -0.4 is 19.7 Å². The predicted molar refractivity (Wildman–Crippen MR) is 217 cm³/mol. The van der Waals surface area contributed by atoms with Gasteiger partial charge in [0.2, 0.25) is 5.91 Å². The first kappa shape index (κ1) is 45.3. The minimum atomic E-state index is -1.03. The molecule has 16 heteroatoms. The van der Waals surface area contributed by atoms with Gasteiger partial charge < -0.3 is 43.4 Å². The predicted octanol–water partition coefficient (Wildman–Crippen LogP) is 5.20. The average molecular weight is 834 g/mol. The second-order valence-corrected chi connectivity index (χ2v) is 15.0. The van der Waals surface area contributed by atoms with E-state index in [2.05, 4.69) is 18.5 Å². The first-order chi connectivity index (χ1) is 28.8. The molecule has 5 rings (SSSR count). The summed E-state index contributed by atoms with van der Waals surface area (Å²) in [6.07, 6.45) is 2.05. The highest BCUT2D eigenvalue weighted by Gasteiger charge is 2.48. The Morgan fingerprint density at radius 3 is 2.43 bits per heavy atom. The topological polar surface area (TPSA) is 186 Å². The van der Waals surface area contributed by atoms with E-state index in [4.69, 9.17) is 33.2 Å². The molecule has 3 aliphatic rings. The molecule has 3 amide bonds. The van der Waals surface area contributed by atoms with Crippen LogP contribution in [0.15, 0.2) is 61.2 Å². The molecule has 0 aromatic heterocycles. The largest absolute Gasteiger partial charge is 0.493 e. The third-order valence-corrected chi connectivity index (χ3v) is 10.4. The molecule has 1 unspecified atom stereocenters. The van der Waals surface area contributed by atoms with Crippen molar-refractivity contribution in [2.45, 2.75) is 96.4 Å². The van der Waals surface area contributed by atoms with Gasteiger partial charge in [-0.2, -0.15) is 0 Å². The van der Waals surface area contributed by atoms with Crippen LogP contribution in [0.2, 0.25) is 0 Å². The van der Waals surface area contributed by atoms with Gasteiger partial charge in [-0.3, -0.25) is 24.0 Å². The van der Waals surface area contributed by atoms with E-state index in [9.17, 15) is 28.8 Å². The van der Waals surface area contributed by atoms with E-state index in [1.807, 2.05) is 0 Å². The lowest BCUT2D eigenvalue weighted by Gasteiger charge is -2.38. The van der Waals surface area contributed by atoms with Crippen LogP contribution in [0.5, 0.6) is 11.5 Å². The van der Waals surface area contributed by atoms with Crippen LogP contribution in [0.1, 0.15) is 80.3 Å². The van der Waals surface area contributed by atoms with Crippen molar-refractivity contribution in [3.8, 4) is 11.5 Å². The SMILES string of the molecule is C=CCOC(=O)C[C@@H](C)C(=O)N[C@@H](C)C(=O)Cc1ccc(COC(=O)N2c3cc(OCCCC(=O)OC)c(OC)cc3C(=O)N3CC(=C)C[C@H]3[C@@H]2OC2CCCCO2)cc1. The zero-order valence-corrected chi connectivity index (χ0v) is 34.7. The summed E-state index contributed by atoms with van der Waals surface area (Å²) in [5, 5.41) is 2.67. The van der Waals surface area contributed by atoms with Gasteiger partial charge in [0.1, 0.15) is 13.2 Å². The number of ether oxygens (including phenoxy) is 7. The maximum atomic E-state index is 14.5. The molecule has 0 bridgehead atoms. The number of anilines is 1. The molecule has 2 aromatic carbocycles. The monoisotopic (exact) mass is 833 g/mol. The van der Waals surface area contributed by atoms with E-state index in [-0.39, 0.29) is 86.0 Å². The number of rotatable bonds is 19. The van der Waals surface area contributed by atoms with Gasteiger partial charge in [0.05, 0.1) is 50.6 Å². The van der Waals surface area contributed by atoms with Crippen molar-refractivity contribution >= 4 is 41.3 Å². The third-order valence-electron chi connectivity index (χ3n) is 10.4. The van der Waals surface area contributed by atoms with Crippen molar-refractivity contribution in [2.75, 3.05) is 45.5 Å². The first-order valence-electron chi connectivity index (χ1n) is 20.1. The Hall–Kier alpha value is -5.74. The smallest absolute Gasteiger partial charge is 0.416 e. The summed E-state index contributed by atoms with van der Waals surface area (Å²) in [4.78, 5) is 81.0. The summed E-state index contributed by atoms with van der Waals surface area (Å²) in [7, 11) is 2.75. The summed E-state index contributed by atoms with van der Waals surface area (Å²) in [5.74, 6) is -2.15. The zero-order valence-electron chi connectivity index (χ0n) is 34.7. The zero-order chi connectivity index (χ0) is 43.3. The van der Waals surface area contributed by atoms with Crippen molar-refractivity contribution in [2.24, 2.45) is 5.92 Å². The molecular formula is C44H55N3O13. The Bertz CT molecular complexity index is 1910. The number of nitrogens with one attached hydrogen (secondary N) is 1. The van der Waals surface area contributed by atoms with E-state index in [0.717, 1.165) is 18.4 Å². The molecule has 60 heavy (non-hydrogen) atoms. The summed E-state index contributed by atoms with van der Waals surface area (Å²) < 4.78 is 39.9. The third kappa shape index (κ3) is 11.7. The summed E-state index contributed by atoms with van der Waals surface area (Å²) in [5.41, 5.74) is 2.45. The Kier molecular flexibility index (Phi) is 16.2. The number of hydrogen-bond acceptors (Lipinski definition) is 13. The number of fused-ring (bicyclic) bond motifs is 2. The van der Waals surface area contributed by atoms with Gasteiger partial charge in [0, 0.05) is 38.0 Å². The van der Waals surface area contributed by atoms with Crippen molar-refractivity contribution < 1.29 is 61.9 Å². The minimum Gasteiger partial charge on any atom is -0.493 e. The molecule has 0 spiro atoms. The highest BCUT2D eigenvalue weighted by Crippen LogP contribution is 2.43. The minimum absolute atomic E-state index is 0.0256. The van der Waals surface area contributed by atoms with E-state index >= 15 is 0 Å². The number of hydrogen-bond donors (Lipinski definition) is 1. The van der Waals surface area contributed by atoms with Crippen LogP contribution in [0.25, 0.3) is 0 Å². The number of benzene rings is 2. The molecule has 2 fully saturated rings. The van der Waals surface area contributed by atoms with Gasteiger partial charge in [-0.15, -0.1) is 0 Å². The fraction of sp³-hybridized carbons (Fsp3) is 0.500. The number of amides is 3. The highest BCUT2D eigenvalue weighted by molar-refractivity contribution is 6.06. The lowest BCUT2D eigenvalue weighted by molar-refractivity contribution is -0.195. The first-order valence-corrected chi connectivity index (χ1v) is 20.1. The molecule has 0 saturated carbocycles. The van der Waals surface area contributed by atoms with Gasteiger partial charge in [0.25, 0.3) is 5.91 Å². The van der Waals surface area contributed by atoms with Crippen molar-refractivity contribution in [1.82, 2.24) is 10.2 Å². The molecule has 2 saturated heterocycles. The van der Waals surface area contributed by atoms with Gasteiger partial charge >= 0.3 is 18.0 Å². The summed E-state index contributed by atoms with van der Waals surface area (Å²) in [6, 6.07) is 8.59. The highest BCUT2D eigenvalue weighted by atomic mass is 16.7. The lowest BCUT2D eigenvalue weighted by Crippen LogP contribution is -2.54. The second-order valence-electron chi connectivity index (χ2n) is 15.0. The number of esters is 2.